The summed E-state index contributed by atoms with van der Waals surface area (Å²) in [6.45, 7) is 4.68. The molecule has 1 aromatic carbocycles. The molecule has 0 bridgehead atoms. The lowest BCUT2D eigenvalue weighted by Gasteiger charge is -2.41. The molecule has 0 amide bonds. The highest BCUT2D eigenvalue weighted by Crippen LogP contribution is 2.42. The second-order valence-electron chi connectivity index (χ2n) is 6.26. The molecule has 0 aliphatic heterocycles. The van der Waals surface area contributed by atoms with Gasteiger partial charge in [0.2, 0.25) is 0 Å². The number of hydrogen-bond donors (Lipinski definition) is 1. The number of rotatable bonds is 1. The molecule has 1 aliphatic carbocycles. The second-order valence-corrected chi connectivity index (χ2v) is 6.26. The Morgan fingerprint density at radius 1 is 1.21 bits per heavy atom. The molecule has 2 nitrogen and oxygen atoms in total. The molecule has 3 unspecified atom stereocenters. The van der Waals surface area contributed by atoms with E-state index in [4.69, 9.17) is 5.73 Å². The molecule has 2 N–H and O–H groups in total. The molecule has 1 fully saturated rings. The van der Waals surface area contributed by atoms with Crippen molar-refractivity contribution in [3.05, 3.63) is 42.2 Å². The quantitative estimate of drug-likeness (QED) is 0.839. The average molecular weight is 254 g/mol. The van der Waals surface area contributed by atoms with E-state index in [1.54, 1.807) is 0 Å². The number of benzene rings is 1. The van der Waals surface area contributed by atoms with Crippen molar-refractivity contribution in [3.8, 4) is 0 Å². The minimum atomic E-state index is -0.174. The fraction of sp³-hybridized carbons (Fsp3) is 0.471. The zero-order valence-corrected chi connectivity index (χ0v) is 11.8. The van der Waals surface area contributed by atoms with Crippen LogP contribution in [0.25, 0.3) is 10.8 Å². The van der Waals surface area contributed by atoms with E-state index in [1.807, 2.05) is 12.4 Å². The number of fused-ring (bicyclic) bond motifs is 1. The molecule has 2 aromatic rings. The van der Waals surface area contributed by atoms with Crippen molar-refractivity contribution >= 4 is 10.8 Å². The molecule has 1 heterocycles. The minimum Gasteiger partial charge on any atom is -0.321 e. The van der Waals surface area contributed by atoms with Gasteiger partial charge in [-0.15, -0.1) is 0 Å². The average Bonchev–Trinajstić information content (AvgIpc) is 2.43. The summed E-state index contributed by atoms with van der Waals surface area (Å²) >= 11 is 0. The van der Waals surface area contributed by atoms with E-state index in [9.17, 15) is 0 Å². The van der Waals surface area contributed by atoms with Crippen molar-refractivity contribution in [1.82, 2.24) is 4.98 Å². The third-order valence-electron chi connectivity index (χ3n) is 4.92. The molecule has 1 aliphatic rings. The van der Waals surface area contributed by atoms with E-state index in [2.05, 4.69) is 43.1 Å². The lowest BCUT2D eigenvalue weighted by Crippen LogP contribution is -2.43. The predicted molar refractivity (Wildman–Crippen MR) is 79.8 cm³/mol. The maximum absolute atomic E-state index is 6.78. The van der Waals surface area contributed by atoms with Gasteiger partial charge in [0.1, 0.15) is 0 Å². The summed E-state index contributed by atoms with van der Waals surface area (Å²) in [6, 6.07) is 8.52. The summed E-state index contributed by atoms with van der Waals surface area (Å²) < 4.78 is 0. The van der Waals surface area contributed by atoms with Gasteiger partial charge in [0.15, 0.2) is 0 Å². The highest BCUT2D eigenvalue weighted by Gasteiger charge is 2.36. The van der Waals surface area contributed by atoms with Crippen molar-refractivity contribution in [2.45, 2.75) is 38.6 Å². The fourth-order valence-electron chi connectivity index (χ4n) is 3.45. The largest absolute Gasteiger partial charge is 0.321 e. The lowest BCUT2D eigenvalue weighted by atomic mass is 9.68. The zero-order chi connectivity index (χ0) is 13.5. The highest BCUT2D eigenvalue weighted by molar-refractivity contribution is 5.85. The zero-order valence-electron chi connectivity index (χ0n) is 11.8. The first kappa shape index (κ1) is 12.6. The molecular weight excluding hydrogens is 232 g/mol. The maximum atomic E-state index is 6.78. The van der Waals surface area contributed by atoms with Crippen LogP contribution in [0.4, 0.5) is 0 Å². The predicted octanol–water partition coefficient (Wildman–Crippen LogP) is 3.84. The van der Waals surface area contributed by atoms with Crippen LogP contribution in [0, 0.1) is 11.8 Å². The Bertz CT molecular complexity index is 587. The molecule has 19 heavy (non-hydrogen) atoms. The van der Waals surface area contributed by atoms with Gasteiger partial charge in [-0.05, 0) is 48.1 Å². The summed E-state index contributed by atoms with van der Waals surface area (Å²) in [7, 11) is 0. The van der Waals surface area contributed by atoms with Crippen LogP contribution in [-0.4, -0.2) is 4.98 Å². The third-order valence-corrected chi connectivity index (χ3v) is 4.92. The first-order valence-electron chi connectivity index (χ1n) is 7.22. The van der Waals surface area contributed by atoms with Crippen LogP contribution in [0.3, 0.4) is 0 Å². The molecule has 0 spiro atoms. The Morgan fingerprint density at radius 3 is 2.84 bits per heavy atom. The van der Waals surface area contributed by atoms with Gasteiger partial charge in [0.05, 0.1) is 0 Å². The van der Waals surface area contributed by atoms with Crippen molar-refractivity contribution in [3.63, 3.8) is 0 Å². The summed E-state index contributed by atoms with van der Waals surface area (Å²) in [5, 5.41) is 2.46. The Kier molecular flexibility index (Phi) is 3.06. The van der Waals surface area contributed by atoms with Crippen LogP contribution < -0.4 is 5.73 Å². The molecule has 3 atom stereocenters. The highest BCUT2D eigenvalue weighted by atomic mass is 14.8. The first-order valence-corrected chi connectivity index (χ1v) is 7.22. The third kappa shape index (κ3) is 2.14. The van der Waals surface area contributed by atoms with Gasteiger partial charge in [-0.25, -0.2) is 0 Å². The van der Waals surface area contributed by atoms with Gasteiger partial charge in [-0.1, -0.05) is 32.0 Å². The van der Waals surface area contributed by atoms with E-state index in [0.29, 0.717) is 5.92 Å². The maximum Gasteiger partial charge on any atom is 0.0418 e. The summed E-state index contributed by atoms with van der Waals surface area (Å²) in [5.41, 5.74) is 7.90. The van der Waals surface area contributed by atoms with Crippen molar-refractivity contribution < 1.29 is 0 Å². The van der Waals surface area contributed by atoms with E-state index in [1.165, 1.54) is 22.8 Å². The number of nitrogens with two attached hydrogens (primary N) is 1. The van der Waals surface area contributed by atoms with Gasteiger partial charge in [-0.2, -0.15) is 0 Å². The molecule has 0 saturated heterocycles. The Labute approximate surface area is 115 Å². The summed E-state index contributed by atoms with van der Waals surface area (Å²) in [4.78, 5) is 4.21. The van der Waals surface area contributed by atoms with Gasteiger partial charge in [0, 0.05) is 23.3 Å². The Hall–Kier alpha value is -1.41. The van der Waals surface area contributed by atoms with E-state index >= 15 is 0 Å². The monoisotopic (exact) mass is 254 g/mol. The Morgan fingerprint density at radius 2 is 2.05 bits per heavy atom. The smallest absolute Gasteiger partial charge is 0.0418 e. The number of aromatic nitrogens is 1. The van der Waals surface area contributed by atoms with Gasteiger partial charge >= 0.3 is 0 Å². The second kappa shape index (κ2) is 4.61. The van der Waals surface area contributed by atoms with Crippen LogP contribution >= 0.6 is 0 Å². The molecule has 1 saturated carbocycles. The van der Waals surface area contributed by atoms with Crippen molar-refractivity contribution in [2.24, 2.45) is 17.6 Å². The van der Waals surface area contributed by atoms with Crippen LogP contribution in [-0.2, 0) is 5.54 Å². The standard InChI is InChI=1S/C17H22N2/c1-12-6-8-17(18,10-13(12)2)16-5-3-4-14-11-19-9-7-15(14)16/h3-5,7,9,11-13H,6,8,10,18H2,1-2H3. The molecule has 3 rings (SSSR count). The number of pyridine rings is 1. The minimum absolute atomic E-state index is 0.174. The lowest BCUT2D eigenvalue weighted by molar-refractivity contribution is 0.178. The number of nitrogens with zero attached hydrogens (tertiary/aromatic N) is 1. The van der Waals surface area contributed by atoms with Gasteiger partial charge < -0.3 is 5.73 Å². The van der Waals surface area contributed by atoms with Gasteiger partial charge in [0.25, 0.3) is 0 Å². The van der Waals surface area contributed by atoms with E-state index in [0.717, 1.165) is 18.8 Å². The Balaban J connectivity index is 2.09. The van der Waals surface area contributed by atoms with E-state index in [-0.39, 0.29) is 5.54 Å². The van der Waals surface area contributed by atoms with Crippen molar-refractivity contribution in [2.75, 3.05) is 0 Å². The SMILES string of the molecule is CC1CCC(N)(c2cccc3cnccc23)CC1C. The van der Waals surface area contributed by atoms with Crippen LogP contribution in [0.2, 0.25) is 0 Å². The number of hydrogen-bond acceptors (Lipinski definition) is 2. The van der Waals surface area contributed by atoms with E-state index < -0.39 is 0 Å². The van der Waals surface area contributed by atoms with Crippen LogP contribution in [0.15, 0.2) is 36.7 Å². The normalized spacial score (nSPS) is 31.5. The molecule has 100 valence electrons. The molecular formula is C17H22N2. The fourth-order valence-corrected chi connectivity index (χ4v) is 3.45. The van der Waals surface area contributed by atoms with Crippen LogP contribution in [0.5, 0.6) is 0 Å². The molecule has 0 radical (unpaired) electrons. The summed E-state index contributed by atoms with van der Waals surface area (Å²) in [6.07, 6.45) is 7.18. The van der Waals surface area contributed by atoms with Gasteiger partial charge in [-0.3, -0.25) is 4.98 Å². The molecule has 2 heteroatoms. The molecule has 1 aromatic heterocycles. The first-order chi connectivity index (χ1) is 9.10. The summed E-state index contributed by atoms with van der Waals surface area (Å²) in [5.74, 6) is 1.48. The van der Waals surface area contributed by atoms with Crippen LogP contribution in [0.1, 0.15) is 38.7 Å². The van der Waals surface area contributed by atoms with Crippen molar-refractivity contribution in [1.29, 1.82) is 0 Å². The topological polar surface area (TPSA) is 38.9 Å².